The number of benzene rings is 1. The van der Waals surface area contributed by atoms with Gasteiger partial charge >= 0.3 is 0 Å². The third kappa shape index (κ3) is 3.45. The lowest BCUT2D eigenvalue weighted by atomic mass is 10.0. The second kappa shape index (κ2) is 7.20. The molecule has 0 aliphatic carbocycles. The van der Waals surface area contributed by atoms with Gasteiger partial charge in [0.05, 0.1) is 10.9 Å². The molecule has 8 heteroatoms. The van der Waals surface area contributed by atoms with Crippen LogP contribution in [0, 0.1) is 0 Å². The van der Waals surface area contributed by atoms with Crippen molar-refractivity contribution in [1.82, 2.24) is 4.31 Å². The van der Waals surface area contributed by atoms with E-state index in [1.165, 1.54) is 11.8 Å². The number of amides is 1. The number of carbonyl (C=O) groups excluding carboxylic acids is 1. The average Bonchev–Trinajstić information content (AvgIpc) is 3.32. The van der Waals surface area contributed by atoms with Gasteiger partial charge in [-0.2, -0.15) is 4.31 Å². The number of carbonyl (C=O) groups is 1. The van der Waals surface area contributed by atoms with E-state index in [0.29, 0.717) is 12.2 Å². The third-order valence-corrected chi connectivity index (χ3v) is 8.32. The Hall–Kier alpha value is -2.00. The van der Waals surface area contributed by atoms with Crippen molar-refractivity contribution in [3.8, 4) is 0 Å². The third-order valence-electron chi connectivity index (χ3n) is 4.52. The van der Waals surface area contributed by atoms with E-state index in [0.717, 1.165) is 16.9 Å². The van der Waals surface area contributed by atoms with Crippen LogP contribution in [0.3, 0.4) is 0 Å². The quantitative estimate of drug-likeness (QED) is 0.694. The maximum absolute atomic E-state index is 13.4. The Morgan fingerprint density at radius 3 is 2.56 bits per heavy atom. The predicted octanol–water partition coefficient (Wildman–Crippen LogP) is 4.10. The van der Waals surface area contributed by atoms with Crippen LogP contribution in [0.15, 0.2) is 58.1 Å². The topological polar surface area (TPSA) is 66.5 Å². The normalized spacial score (nSPS) is 17.4. The number of sulfonamides is 1. The summed E-state index contributed by atoms with van der Waals surface area (Å²) in [5.74, 6) is -0.190. The van der Waals surface area contributed by atoms with Crippen molar-refractivity contribution in [2.24, 2.45) is 0 Å². The monoisotopic (exact) mass is 418 g/mol. The SMILES string of the molecule is CC(=O)Nc1ccc(S(=O)(=O)N2CCc3sccc3[C@H]2c2cccs2)cc1. The van der Waals surface area contributed by atoms with Crippen LogP contribution >= 0.6 is 22.7 Å². The van der Waals surface area contributed by atoms with Crippen LogP contribution in [0.1, 0.15) is 28.3 Å². The zero-order valence-electron chi connectivity index (χ0n) is 14.6. The minimum Gasteiger partial charge on any atom is -0.326 e. The Morgan fingerprint density at radius 2 is 1.89 bits per heavy atom. The number of hydrogen-bond donors (Lipinski definition) is 1. The van der Waals surface area contributed by atoms with Gasteiger partial charge < -0.3 is 5.32 Å². The minimum absolute atomic E-state index is 0.190. The van der Waals surface area contributed by atoms with E-state index in [4.69, 9.17) is 0 Å². The molecule has 2 aromatic heterocycles. The first-order valence-electron chi connectivity index (χ1n) is 8.46. The average molecular weight is 419 g/mol. The van der Waals surface area contributed by atoms with Gasteiger partial charge in [-0.3, -0.25) is 4.79 Å². The van der Waals surface area contributed by atoms with Gasteiger partial charge in [-0.15, -0.1) is 22.7 Å². The maximum Gasteiger partial charge on any atom is 0.243 e. The van der Waals surface area contributed by atoms with E-state index in [2.05, 4.69) is 5.32 Å². The number of nitrogens with one attached hydrogen (secondary N) is 1. The smallest absolute Gasteiger partial charge is 0.243 e. The van der Waals surface area contributed by atoms with Crippen LogP contribution in [-0.4, -0.2) is 25.2 Å². The second-order valence-corrected chi connectivity index (χ2v) is 10.2. The van der Waals surface area contributed by atoms with Crippen LogP contribution in [0.25, 0.3) is 0 Å². The van der Waals surface area contributed by atoms with Gasteiger partial charge in [-0.1, -0.05) is 6.07 Å². The first kappa shape index (κ1) is 18.4. The molecule has 1 aromatic carbocycles. The molecule has 1 amide bonds. The fraction of sp³-hybridized carbons (Fsp3) is 0.211. The van der Waals surface area contributed by atoms with Gasteiger partial charge in [0.1, 0.15) is 0 Å². The summed E-state index contributed by atoms with van der Waals surface area (Å²) < 4.78 is 28.4. The maximum atomic E-state index is 13.4. The zero-order valence-corrected chi connectivity index (χ0v) is 17.0. The van der Waals surface area contributed by atoms with Crippen molar-refractivity contribution in [3.63, 3.8) is 0 Å². The van der Waals surface area contributed by atoms with Crippen molar-refractivity contribution < 1.29 is 13.2 Å². The van der Waals surface area contributed by atoms with Gasteiger partial charge in [0.2, 0.25) is 15.9 Å². The summed E-state index contributed by atoms with van der Waals surface area (Å²) in [6, 6.07) is 12.0. The lowest BCUT2D eigenvalue weighted by Gasteiger charge is -2.34. The molecule has 3 heterocycles. The Balaban J connectivity index is 1.73. The van der Waals surface area contributed by atoms with Crippen LogP contribution in [0.4, 0.5) is 5.69 Å². The summed E-state index contributed by atoms with van der Waals surface area (Å²) in [5.41, 5.74) is 1.65. The molecule has 0 spiro atoms. The van der Waals surface area contributed by atoms with E-state index in [-0.39, 0.29) is 16.8 Å². The van der Waals surface area contributed by atoms with E-state index in [1.807, 2.05) is 29.0 Å². The van der Waals surface area contributed by atoms with Crippen molar-refractivity contribution in [1.29, 1.82) is 0 Å². The molecule has 3 aromatic rings. The summed E-state index contributed by atoms with van der Waals surface area (Å²) in [5, 5.41) is 6.67. The summed E-state index contributed by atoms with van der Waals surface area (Å²) >= 11 is 3.26. The van der Waals surface area contributed by atoms with Crippen LogP contribution in [-0.2, 0) is 21.2 Å². The fourth-order valence-corrected chi connectivity index (χ4v) is 6.76. The Bertz CT molecular complexity index is 1050. The highest BCUT2D eigenvalue weighted by Gasteiger charge is 2.38. The molecule has 0 saturated heterocycles. The van der Waals surface area contributed by atoms with Crippen molar-refractivity contribution in [3.05, 3.63) is 68.5 Å². The molecule has 0 unspecified atom stereocenters. The van der Waals surface area contributed by atoms with Crippen molar-refractivity contribution >= 4 is 44.3 Å². The molecular weight excluding hydrogens is 400 g/mol. The molecule has 4 rings (SSSR count). The second-order valence-electron chi connectivity index (χ2n) is 6.29. The molecule has 0 fully saturated rings. The Morgan fingerprint density at radius 1 is 1.11 bits per heavy atom. The molecule has 1 atom stereocenters. The zero-order chi connectivity index (χ0) is 19.0. The molecule has 1 aliphatic heterocycles. The molecule has 27 heavy (non-hydrogen) atoms. The van der Waals surface area contributed by atoms with Gasteiger partial charge in [-0.05, 0) is 59.1 Å². The summed E-state index contributed by atoms with van der Waals surface area (Å²) in [4.78, 5) is 13.7. The summed E-state index contributed by atoms with van der Waals surface area (Å²) in [6.07, 6.45) is 0.720. The number of fused-ring (bicyclic) bond motifs is 1. The first-order valence-corrected chi connectivity index (χ1v) is 11.7. The highest BCUT2D eigenvalue weighted by Crippen LogP contribution is 2.42. The molecule has 1 aliphatic rings. The molecule has 0 bridgehead atoms. The standard InChI is InChI=1S/C19H18N2O3S3/c1-13(22)20-14-4-6-15(7-5-14)27(23,24)21-10-8-17-16(9-12-26-17)19(21)18-3-2-11-25-18/h2-7,9,11-12,19H,8,10H2,1H3,(H,20,22)/t19-/m0/s1. The predicted molar refractivity (Wildman–Crippen MR) is 109 cm³/mol. The Kier molecular flexibility index (Phi) is 4.90. The molecule has 140 valence electrons. The number of nitrogens with zero attached hydrogens (tertiary/aromatic N) is 1. The lowest BCUT2D eigenvalue weighted by molar-refractivity contribution is -0.114. The van der Waals surface area contributed by atoms with E-state index < -0.39 is 10.0 Å². The molecule has 0 radical (unpaired) electrons. The van der Waals surface area contributed by atoms with Gasteiger partial charge in [-0.25, -0.2) is 8.42 Å². The van der Waals surface area contributed by atoms with Crippen LogP contribution in [0.2, 0.25) is 0 Å². The van der Waals surface area contributed by atoms with E-state index >= 15 is 0 Å². The van der Waals surface area contributed by atoms with Crippen molar-refractivity contribution in [2.75, 3.05) is 11.9 Å². The largest absolute Gasteiger partial charge is 0.326 e. The summed E-state index contributed by atoms with van der Waals surface area (Å²) in [6.45, 7) is 1.87. The number of rotatable bonds is 4. The summed E-state index contributed by atoms with van der Waals surface area (Å²) in [7, 11) is -3.67. The molecule has 1 N–H and O–H groups in total. The highest BCUT2D eigenvalue weighted by atomic mass is 32.2. The molecule has 0 saturated carbocycles. The van der Waals surface area contributed by atoms with Crippen LogP contribution in [0.5, 0.6) is 0 Å². The van der Waals surface area contributed by atoms with Crippen molar-refractivity contribution in [2.45, 2.75) is 24.3 Å². The van der Waals surface area contributed by atoms with Gasteiger partial charge in [0.15, 0.2) is 0 Å². The van der Waals surface area contributed by atoms with Gasteiger partial charge in [0, 0.05) is 28.9 Å². The van der Waals surface area contributed by atoms with E-state index in [9.17, 15) is 13.2 Å². The minimum atomic E-state index is -3.67. The Labute approximate surface area is 166 Å². The highest BCUT2D eigenvalue weighted by molar-refractivity contribution is 7.89. The number of anilines is 1. The van der Waals surface area contributed by atoms with Gasteiger partial charge in [0.25, 0.3) is 0 Å². The van der Waals surface area contributed by atoms with Crippen LogP contribution < -0.4 is 5.32 Å². The number of hydrogen-bond acceptors (Lipinski definition) is 5. The molecular formula is C19H18N2O3S3. The fourth-order valence-electron chi connectivity index (χ4n) is 3.34. The molecule has 5 nitrogen and oxygen atoms in total. The first-order chi connectivity index (χ1) is 13.0. The lowest BCUT2D eigenvalue weighted by Crippen LogP contribution is -2.39. The van der Waals surface area contributed by atoms with E-state index in [1.54, 1.807) is 51.2 Å². The number of thiophene rings is 2.